The van der Waals surface area contributed by atoms with Crippen molar-refractivity contribution in [2.75, 3.05) is 13.1 Å². The molecule has 1 heterocycles. The molecule has 3 heteroatoms. The third-order valence-electron chi connectivity index (χ3n) is 6.33. The predicted molar refractivity (Wildman–Crippen MR) is 98.0 cm³/mol. The highest BCUT2D eigenvalue weighted by molar-refractivity contribution is 5.13. The number of nitrogens with one attached hydrogen (secondary N) is 1. The first-order chi connectivity index (χ1) is 11.9. The second kappa shape index (κ2) is 7.99. The van der Waals surface area contributed by atoms with Crippen LogP contribution in [0.5, 0.6) is 0 Å². The summed E-state index contributed by atoms with van der Waals surface area (Å²) in [4.78, 5) is 2.84. The second-order valence-electron chi connectivity index (χ2n) is 7.84. The summed E-state index contributed by atoms with van der Waals surface area (Å²) >= 11 is 0. The van der Waals surface area contributed by atoms with Crippen LogP contribution in [0.4, 0.5) is 0 Å². The summed E-state index contributed by atoms with van der Waals surface area (Å²) in [6.07, 6.45) is 11.2. The molecule has 1 aromatic rings. The van der Waals surface area contributed by atoms with Crippen LogP contribution in [0.2, 0.25) is 0 Å². The fourth-order valence-electron chi connectivity index (χ4n) is 5.13. The molecule has 24 heavy (non-hydrogen) atoms. The van der Waals surface area contributed by atoms with Crippen LogP contribution in [0.1, 0.15) is 56.9 Å². The number of hydrogen-bond donors (Lipinski definition) is 1. The molecule has 3 fully saturated rings. The van der Waals surface area contributed by atoms with E-state index >= 15 is 0 Å². The van der Waals surface area contributed by atoms with Gasteiger partial charge in [0.05, 0.1) is 12.7 Å². The van der Waals surface area contributed by atoms with Gasteiger partial charge in [0, 0.05) is 31.2 Å². The van der Waals surface area contributed by atoms with Gasteiger partial charge in [-0.1, -0.05) is 56.0 Å². The molecule has 1 N–H and O–H groups in total. The van der Waals surface area contributed by atoms with Gasteiger partial charge in [0.1, 0.15) is 0 Å². The zero-order valence-electron chi connectivity index (χ0n) is 14.8. The summed E-state index contributed by atoms with van der Waals surface area (Å²) < 4.78 is 6.45. The number of nitrogens with zero attached hydrogens (tertiary/aromatic N) is 1. The maximum Gasteiger partial charge on any atom is 0.0734 e. The van der Waals surface area contributed by atoms with Gasteiger partial charge in [0.25, 0.3) is 0 Å². The molecule has 1 saturated heterocycles. The van der Waals surface area contributed by atoms with E-state index in [-0.39, 0.29) is 0 Å². The lowest BCUT2D eigenvalue weighted by Gasteiger charge is -2.50. The van der Waals surface area contributed by atoms with Gasteiger partial charge in [-0.25, -0.2) is 0 Å². The standard InChI is InChI=1S/C21H32N2O/c1-2-8-17(9-3-1)16-24-21-13-7-6-12-20(21)23-15-14-22-18-10-4-5-11-19(18)23/h1-3,8-9,18-22H,4-7,10-16H2/t18-,19+,20-,21+/m0/s1. The van der Waals surface area contributed by atoms with Gasteiger partial charge in [-0.3, -0.25) is 4.90 Å². The maximum atomic E-state index is 6.45. The molecule has 0 amide bonds. The summed E-state index contributed by atoms with van der Waals surface area (Å²) in [5.74, 6) is 0. The molecular weight excluding hydrogens is 296 g/mol. The minimum absolute atomic E-state index is 0.416. The molecule has 1 aliphatic heterocycles. The van der Waals surface area contributed by atoms with E-state index in [9.17, 15) is 0 Å². The van der Waals surface area contributed by atoms with Crippen molar-refractivity contribution in [2.45, 2.75) is 82.2 Å². The lowest BCUT2D eigenvalue weighted by molar-refractivity contribution is -0.0722. The topological polar surface area (TPSA) is 24.5 Å². The van der Waals surface area contributed by atoms with E-state index in [1.165, 1.54) is 63.5 Å². The van der Waals surface area contributed by atoms with Crippen LogP contribution in [0.25, 0.3) is 0 Å². The van der Waals surface area contributed by atoms with E-state index in [0.717, 1.165) is 25.2 Å². The molecule has 1 aromatic carbocycles. The van der Waals surface area contributed by atoms with E-state index in [1.807, 2.05) is 0 Å². The van der Waals surface area contributed by atoms with Crippen molar-refractivity contribution in [3.8, 4) is 0 Å². The number of ether oxygens (including phenoxy) is 1. The highest BCUT2D eigenvalue weighted by Gasteiger charge is 2.40. The second-order valence-corrected chi connectivity index (χ2v) is 7.84. The summed E-state index contributed by atoms with van der Waals surface area (Å²) in [5, 5.41) is 3.78. The molecule has 2 saturated carbocycles. The zero-order chi connectivity index (χ0) is 16.2. The smallest absolute Gasteiger partial charge is 0.0734 e. The molecule has 3 aliphatic rings. The minimum Gasteiger partial charge on any atom is -0.372 e. The molecule has 0 unspecified atom stereocenters. The average Bonchev–Trinajstić information content (AvgIpc) is 2.67. The van der Waals surface area contributed by atoms with E-state index in [2.05, 4.69) is 40.5 Å². The van der Waals surface area contributed by atoms with Crippen LogP contribution in [0.3, 0.4) is 0 Å². The number of fused-ring (bicyclic) bond motifs is 1. The Morgan fingerprint density at radius 1 is 0.917 bits per heavy atom. The monoisotopic (exact) mass is 328 g/mol. The molecule has 3 nitrogen and oxygen atoms in total. The van der Waals surface area contributed by atoms with Crippen molar-refractivity contribution in [3.63, 3.8) is 0 Å². The largest absolute Gasteiger partial charge is 0.372 e. The first-order valence-corrected chi connectivity index (χ1v) is 10.1. The third kappa shape index (κ3) is 3.68. The van der Waals surface area contributed by atoms with Crippen LogP contribution in [0.15, 0.2) is 30.3 Å². The Morgan fingerprint density at radius 3 is 2.54 bits per heavy atom. The van der Waals surface area contributed by atoms with Gasteiger partial charge in [-0.15, -0.1) is 0 Å². The average molecular weight is 329 g/mol. The number of piperazine rings is 1. The lowest BCUT2D eigenvalue weighted by Crippen LogP contribution is -2.64. The van der Waals surface area contributed by atoms with E-state index < -0.39 is 0 Å². The predicted octanol–water partition coefficient (Wildman–Crippen LogP) is 3.73. The van der Waals surface area contributed by atoms with Crippen molar-refractivity contribution < 1.29 is 4.74 Å². The molecule has 0 aromatic heterocycles. The van der Waals surface area contributed by atoms with Gasteiger partial charge < -0.3 is 10.1 Å². The molecule has 0 radical (unpaired) electrons. The SMILES string of the molecule is c1ccc(CO[C@@H]2CCCC[C@@H]2N2CCN[C@H]3CCCC[C@H]32)cc1. The molecule has 0 spiro atoms. The summed E-state index contributed by atoms with van der Waals surface area (Å²) in [7, 11) is 0. The highest BCUT2D eigenvalue weighted by Crippen LogP contribution is 2.33. The summed E-state index contributed by atoms with van der Waals surface area (Å²) in [6, 6.07) is 12.8. The molecule has 4 rings (SSSR count). The fourth-order valence-corrected chi connectivity index (χ4v) is 5.13. The Bertz CT molecular complexity index is 504. The Kier molecular flexibility index (Phi) is 5.51. The minimum atomic E-state index is 0.416. The van der Waals surface area contributed by atoms with Gasteiger partial charge in [0.15, 0.2) is 0 Å². The van der Waals surface area contributed by atoms with Crippen LogP contribution >= 0.6 is 0 Å². The summed E-state index contributed by atoms with van der Waals surface area (Å²) in [5.41, 5.74) is 1.30. The van der Waals surface area contributed by atoms with Gasteiger partial charge >= 0.3 is 0 Å². The Labute approximate surface area is 146 Å². The van der Waals surface area contributed by atoms with E-state index in [1.54, 1.807) is 0 Å². The van der Waals surface area contributed by atoms with Crippen LogP contribution in [-0.2, 0) is 11.3 Å². The molecule has 2 aliphatic carbocycles. The van der Waals surface area contributed by atoms with Gasteiger partial charge in [-0.2, -0.15) is 0 Å². The zero-order valence-corrected chi connectivity index (χ0v) is 14.8. The Balaban J connectivity index is 1.43. The van der Waals surface area contributed by atoms with E-state index in [0.29, 0.717) is 12.1 Å². The van der Waals surface area contributed by atoms with E-state index in [4.69, 9.17) is 4.74 Å². The number of hydrogen-bond acceptors (Lipinski definition) is 3. The van der Waals surface area contributed by atoms with Crippen molar-refractivity contribution in [1.82, 2.24) is 10.2 Å². The first-order valence-electron chi connectivity index (χ1n) is 10.1. The fraction of sp³-hybridized carbons (Fsp3) is 0.714. The first kappa shape index (κ1) is 16.6. The van der Waals surface area contributed by atoms with Gasteiger partial charge in [-0.05, 0) is 31.2 Å². The third-order valence-corrected chi connectivity index (χ3v) is 6.33. The normalized spacial score (nSPS) is 34.7. The molecule has 4 atom stereocenters. The molecule has 132 valence electrons. The van der Waals surface area contributed by atoms with Crippen LogP contribution in [0, 0.1) is 0 Å². The molecular formula is C21H32N2O. The maximum absolute atomic E-state index is 6.45. The summed E-state index contributed by atoms with van der Waals surface area (Å²) in [6.45, 7) is 3.13. The Hall–Kier alpha value is -0.900. The van der Waals surface area contributed by atoms with Crippen molar-refractivity contribution in [2.24, 2.45) is 0 Å². The number of benzene rings is 1. The lowest BCUT2D eigenvalue weighted by atomic mass is 9.83. The van der Waals surface area contributed by atoms with Crippen molar-refractivity contribution in [1.29, 1.82) is 0 Å². The highest BCUT2D eigenvalue weighted by atomic mass is 16.5. The van der Waals surface area contributed by atoms with Crippen molar-refractivity contribution in [3.05, 3.63) is 35.9 Å². The molecule has 0 bridgehead atoms. The number of rotatable bonds is 4. The van der Waals surface area contributed by atoms with Crippen LogP contribution in [-0.4, -0.2) is 42.2 Å². The quantitative estimate of drug-likeness (QED) is 0.911. The Morgan fingerprint density at radius 2 is 1.67 bits per heavy atom. The van der Waals surface area contributed by atoms with Crippen LogP contribution < -0.4 is 5.32 Å². The van der Waals surface area contributed by atoms with Crippen molar-refractivity contribution >= 4 is 0 Å². The van der Waals surface area contributed by atoms with Gasteiger partial charge in [0.2, 0.25) is 0 Å².